The molecular formula is C12H12N2O3. The van der Waals surface area contributed by atoms with Crippen LogP contribution < -0.4 is 0 Å². The average Bonchev–Trinajstić information content (AvgIpc) is 2.35. The number of likely N-dealkylation sites (N-methyl/N-ethyl adjacent to an activating group) is 1. The number of carboxylic acid groups (broad SMARTS) is 1. The maximum Gasteiger partial charge on any atom is 0.323 e. The topological polar surface area (TPSA) is 81.4 Å². The van der Waals surface area contributed by atoms with Crippen LogP contribution in [0.2, 0.25) is 0 Å². The van der Waals surface area contributed by atoms with Gasteiger partial charge < -0.3 is 10.0 Å². The Bertz CT molecular complexity index is 477. The molecule has 0 bridgehead atoms. The molecule has 1 N–H and O–H groups in total. The number of carboxylic acids is 1. The molecule has 0 radical (unpaired) electrons. The third-order valence-corrected chi connectivity index (χ3v) is 2.23. The molecule has 1 aromatic rings. The van der Waals surface area contributed by atoms with Gasteiger partial charge in [0.15, 0.2) is 0 Å². The first-order chi connectivity index (χ1) is 8.08. The number of carbonyl (C=O) groups excluding carboxylic acids is 1. The Morgan fingerprint density at radius 3 is 2.71 bits per heavy atom. The Balaban J connectivity index is 2.94. The Labute approximate surface area is 98.9 Å². The summed E-state index contributed by atoms with van der Waals surface area (Å²) >= 11 is 0. The van der Waals surface area contributed by atoms with E-state index in [0.717, 1.165) is 0 Å². The van der Waals surface area contributed by atoms with E-state index in [1.54, 1.807) is 25.1 Å². The molecule has 0 aliphatic rings. The summed E-state index contributed by atoms with van der Waals surface area (Å²) in [5.74, 6) is -1.44. The number of nitrogens with zero attached hydrogens (tertiary/aromatic N) is 2. The van der Waals surface area contributed by atoms with Crippen molar-refractivity contribution < 1.29 is 14.7 Å². The molecule has 0 aliphatic carbocycles. The second-order valence-electron chi connectivity index (χ2n) is 3.41. The van der Waals surface area contributed by atoms with Gasteiger partial charge in [-0.2, -0.15) is 5.26 Å². The van der Waals surface area contributed by atoms with Crippen molar-refractivity contribution in [3.63, 3.8) is 0 Å². The molecule has 0 heterocycles. The predicted octanol–water partition coefficient (Wildman–Crippen LogP) is 1.10. The maximum atomic E-state index is 11.9. The van der Waals surface area contributed by atoms with E-state index >= 15 is 0 Å². The normalized spacial score (nSPS) is 9.41. The SMILES string of the molecule is CCN(CC(=O)O)C(=O)c1cccc(C#N)c1. The van der Waals surface area contributed by atoms with Gasteiger partial charge in [-0.25, -0.2) is 0 Å². The van der Waals surface area contributed by atoms with Crippen LogP contribution in [0.5, 0.6) is 0 Å². The fraction of sp³-hybridized carbons (Fsp3) is 0.250. The van der Waals surface area contributed by atoms with Crippen LogP contribution in [0.25, 0.3) is 0 Å². The van der Waals surface area contributed by atoms with Crippen molar-refractivity contribution in [1.29, 1.82) is 5.26 Å². The van der Waals surface area contributed by atoms with Crippen LogP contribution in [0.4, 0.5) is 0 Å². The number of hydrogen-bond donors (Lipinski definition) is 1. The lowest BCUT2D eigenvalue weighted by atomic mass is 10.1. The Kier molecular flexibility index (Phi) is 4.23. The van der Waals surface area contributed by atoms with Crippen molar-refractivity contribution in [2.75, 3.05) is 13.1 Å². The highest BCUT2D eigenvalue weighted by Gasteiger charge is 2.16. The Morgan fingerprint density at radius 1 is 1.47 bits per heavy atom. The van der Waals surface area contributed by atoms with E-state index in [2.05, 4.69) is 0 Å². The number of benzene rings is 1. The first-order valence-corrected chi connectivity index (χ1v) is 5.09. The van der Waals surface area contributed by atoms with Gasteiger partial charge in [0.05, 0.1) is 11.6 Å². The highest BCUT2D eigenvalue weighted by Crippen LogP contribution is 2.07. The van der Waals surface area contributed by atoms with E-state index in [1.165, 1.54) is 11.0 Å². The van der Waals surface area contributed by atoms with Crippen LogP contribution >= 0.6 is 0 Å². The summed E-state index contributed by atoms with van der Waals surface area (Å²) in [4.78, 5) is 23.7. The van der Waals surface area contributed by atoms with E-state index in [1.807, 2.05) is 6.07 Å². The molecule has 0 unspecified atom stereocenters. The van der Waals surface area contributed by atoms with Gasteiger partial charge in [0, 0.05) is 12.1 Å². The molecule has 1 rings (SSSR count). The second kappa shape index (κ2) is 5.66. The van der Waals surface area contributed by atoms with Crippen LogP contribution in [-0.2, 0) is 4.79 Å². The van der Waals surface area contributed by atoms with Crippen LogP contribution in [0.15, 0.2) is 24.3 Å². The van der Waals surface area contributed by atoms with E-state index in [-0.39, 0.29) is 12.5 Å². The first kappa shape index (κ1) is 12.7. The monoisotopic (exact) mass is 232 g/mol. The lowest BCUT2D eigenvalue weighted by molar-refractivity contribution is -0.137. The fourth-order valence-corrected chi connectivity index (χ4v) is 1.39. The second-order valence-corrected chi connectivity index (χ2v) is 3.41. The molecule has 88 valence electrons. The Morgan fingerprint density at radius 2 is 2.18 bits per heavy atom. The number of hydrogen-bond acceptors (Lipinski definition) is 3. The molecule has 5 heteroatoms. The quantitative estimate of drug-likeness (QED) is 0.842. The minimum absolute atomic E-state index is 0.307. The van der Waals surface area contributed by atoms with E-state index in [4.69, 9.17) is 10.4 Å². The van der Waals surface area contributed by atoms with Gasteiger partial charge >= 0.3 is 5.97 Å². The van der Waals surface area contributed by atoms with E-state index in [9.17, 15) is 9.59 Å². The summed E-state index contributed by atoms with van der Waals surface area (Å²) in [6.07, 6.45) is 0. The van der Waals surface area contributed by atoms with Crippen molar-refractivity contribution >= 4 is 11.9 Å². The molecule has 0 fully saturated rings. The third-order valence-electron chi connectivity index (χ3n) is 2.23. The molecule has 0 aromatic heterocycles. The average molecular weight is 232 g/mol. The molecule has 0 saturated carbocycles. The zero-order valence-corrected chi connectivity index (χ0v) is 9.38. The minimum Gasteiger partial charge on any atom is -0.480 e. The van der Waals surface area contributed by atoms with Crippen LogP contribution in [0, 0.1) is 11.3 Å². The number of amides is 1. The van der Waals surface area contributed by atoms with Crippen LogP contribution in [-0.4, -0.2) is 35.0 Å². The molecule has 0 saturated heterocycles. The summed E-state index contributed by atoms with van der Waals surface area (Å²) in [5, 5.41) is 17.4. The van der Waals surface area contributed by atoms with Gasteiger partial charge in [-0.3, -0.25) is 9.59 Å². The molecule has 0 spiro atoms. The van der Waals surface area contributed by atoms with Gasteiger partial charge in [-0.05, 0) is 25.1 Å². The zero-order chi connectivity index (χ0) is 12.8. The molecule has 5 nitrogen and oxygen atoms in total. The summed E-state index contributed by atoms with van der Waals surface area (Å²) in [7, 11) is 0. The van der Waals surface area contributed by atoms with Gasteiger partial charge in [0.1, 0.15) is 6.54 Å². The lowest BCUT2D eigenvalue weighted by Gasteiger charge is -2.18. The van der Waals surface area contributed by atoms with E-state index < -0.39 is 5.97 Å². The molecule has 0 aliphatic heterocycles. The lowest BCUT2D eigenvalue weighted by Crippen LogP contribution is -2.35. The molecule has 0 atom stereocenters. The first-order valence-electron chi connectivity index (χ1n) is 5.09. The van der Waals surface area contributed by atoms with Gasteiger partial charge in [0.25, 0.3) is 5.91 Å². The van der Waals surface area contributed by atoms with Gasteiger partial charge in [-0.15, -0.1) is 0 Å². The minimum atomic E-state index is -1.06. The van der Waals surface area contributed by atoms with E-state index in [0.29, 0.717) is 17.7 Å². The maximum absolute atomic E-state index is 11.9. The summed E-state index contributed by atoms with van der Waals surface area (Å²) in [5.41, 5.74) is 0.703. The predicted molar refractivity (Wildman–Crippen MR) is 60.4 cm³/mol. The number of aliphatic carboxylic acids is 1. The van der Waals surface area contributed by atoms with Gasteiger partial charge in [-0.1, -0.05) is 6.07 Å². The van der Waals surface area contributed by atoms with Crippen molar-refractivity contribution in [1.82, 2.24) is 4.90 Å². The third kappa shape index (κ3) is 3.31. The van der Waals surface area contributed by atoms with Crippen LogP contribution in [0.3, 0.4) is 0 Å². The highest BCUT2D eigenvalue weighted by molar-refractivity contribution is 5.96. The fourth-order valence-electron chi connectivity index (χ4n) is 1.39. The van der Waals surface area contributed by atoms with Crippen LogP contribution in [0.1, 0.15) is 22.8 Å². The van der Waals surface area contributed by atoms with Crippen molar-refractivity contribution in [2.45, 2.75) is 6.92 Å². The summed E-state index contributed by atoms with van der Waals surface area (Å²) < 4.78 is 0. The zero-order valence-electron chi connectivity index (χ0n) is 9.38. The highest BCUT2D eigenvalue weighted by atomic mass is 16.4. The molecule has 17 heavy (non-hydrogen) atoms. The summed E-state index contributed by atoms with van der Waals surface area (Å²) in [6.45, 7) is 1.67. The molecule has 1 amide bonds. The Hall–Kier alpha value is -2.35. The molecular weight excluding hydrogens is 220 g/mol. The number of rotatable bonds is 4. The standard InChI is InChI=1S/C12H12N2O3/c1-2-14(8-11(15)16)12(17)10-5-3-4-9(6-10)7-13/h3-6H,2,8H2,1H3,(H,15,16). The smallest absolute Gasteiger partial charge is 0.323 e. The number of carbonyl (C=O) groups is 2. The van der Waals surface area contributed by atoms with Crippen molar-refractivity contribution in [3.05, 3.63) is 35.4 Å². The summed E-state index contributed by atoms with van der Waals surface area (Å²) in [6, 6.07) is 8.13. The van der Waals surface area contributed by atoms with Crippen molar-refractivity contribution in [2.24, 2.45) is 0 Å². The largest absolute Gasteiger partial charge is 0.480 e. The molecule has 1 aromatic carbocycles. The van der Waals surface area contributed by atoms with Gasteiger partial charge in [0.2, 0.25) is 0 Å². The number of nitriles is 1. The van der Waals surface area contributed by atoms with Crippen molar-refractivity contribution in [3.8, 4) is 6.07 Å².